The van der Waals surface area contributed by atoms with Gasteiger partial charge >= 0.3 is 0 Å². The lowest BCUT2D eigenvalue weighted by Crippen LogP contribution is -2.27. The molecule has 0 fully saturated rings. The maximum absolute atomic E-state index is 12.5. The minimum atomic E-state index is -3.65. The van der Waals surface area contributed by atoms with Gasteiger partial charge in [-0.15, -0.1) is 10.2 Å². The molecule has 0 bridgehead atoms. The van der Waals surface area contributed by atoms with Crippen LogP contribution in [0.5, 0.6) is 0 Å². The van der Waals surface area contributed by atoms with Crippen LogP contribution in [0.3, 0.4) is 0 Å². The summed E-state index contributed by atoms with van der Waals surface area (Å²) < 4.78 is 28.4. The lowest BCUT2D eigenvalue weighted by atomic mass is 10.1. The molecule has 2 aromatic carbocycles. The molecule has 0 unspecified atom stereocenters. The molecule has 1 aromatic heterocycles. The first-order chi connectivity index (χ1) is 12.4. The smallest absolute Gasteiger partial charge is 0.240 e. The molecule has 0 aliphatic heterocycles. The van der Waals surface area contributed by atoms with Crippen molar-refractivity contribution in [3.05, 3.63) is 65.2 Å². The number of hydrogen-bond acceptors (Lipinski definition) is 7. The summed E-state index contributed by atoms with van der Waals surface area (Å²) in [6.07, 6.45) is 0. The van der Waals surface area contributed by atoms with Gasteiger partial charge in [0.15, 0.2) is 4.34 Å². The van der Waals surface area contributed by atoms with Gasteiger partial charge in [-0.25, -0.2) is 13.1 Å². The molecule has 0 saturated heterocycles. The Kier molecular flexibility index (Phi) is 6.15. The summed E-state index contributed by atoms with van der Waals surface area (Å²) in [5, 5.41) is 8.49. The molecular formula is C16H15ClN4O2S3. The maximum atomic E-state index is 12.5. The number of sulfonamides is 1. The summed E-state index contributed by atoms with van der Waals surface area (Å²) in [5.41, 5.74) is 6.61. The summed E-state index contributed by atoms with van der Waals surface area (Å²) in [6, 6.07) is 15.6. The van der Waals surface area contributed by atoms with E-state index in [1.807, 2.05) is 30.3 Å². The summed E-state index contributed by atoms with van der Waals surface area (Å²) in [4.78, 5) is 0.166. The van der Waals surface area contributed by atoms with Gasteiger partial charge in [0, 0.05) is 11.6 Å². The number of halogens is 1. The van der Waals surface area contributed by atoms with Crippen LogP contribution < -0.4 is 10.5 Å². The minimum Gasteiger partial charge on any atom is -0.374 e. The van der Waals surface area contributed by atoms with E-state index in [9.17, 15) is 8.42 Å². The van der Waals surface area contributed by atoms with E-state index in [0.717, 1.165) is 5.56 Å². The van der Waals surface area contributed by atoms with Crippen molar-refractivity contribution in [1.29, 1.82) is 0 Å². The van der Waals surface area contributed by atoms with Crippen molar-refractivity contribution in [1.82, 2.24) is 14.9 Å². The number of nitrogen functional groups attached to an aromatic ring is 1. The van der Waals surface area contributed by atoms with Gasteiger partial charge in [0.25, 0.3) is 0 Å². The van der Waals surface area contributed by atoms with Crippen LogP contribution >= 0.6 is 34.7 Å². The van der Waals surface area contributed by atoms with Crippen LogP contribution in [0.25, 0.3) is 0 Å². The summed E-state index contributed by atoms with van der Waals surface area (Å²) in [6.45, 7) is 0.194. The van der Waals surface area contributed by atoms with Gasteiger partial charge in [0.2, 0.25) is 15.2 Å². The normalized spacial score (nSPS) is 12.8. The number of benzene rings is 2. The van der Waals surface area contributed by atoms with Gasteiger partial charge < -0.3 is 5.73 Å². The van der Waals surface area contributed by atoms with Crippen molar-refractivity contribution in [2.75, 3.05) is 12.3 Å². The maximum Gasteiger partial charge on any atom is 0.240 e. The monoisotopic (exact) mass is 426 g/mol. The van der Waals surface area contributed by atoms with Crippen LogP contribution in [0.1, 0.15) is 10.8 Å². The fraction of sp³-hybridized carbons (Fsp3) is 0.125. The zero-order valence-electron chi connectivity index (χ0n) is 13.4. The molecule has 3 rings (SSSR count). The highest BCUT2D eigenvalue weighted by Crippen LogP contribution is 2.37. The first-order valence-corrected chi connectivity index (χ1v) is 11.1. The molecule has 3 aromatic rings. The van der Waals surface area contributed by atoms with Crippen LogP contribution in [-0.4, -0.2) is 25.2 Å². The summed E-state index contributed by atoms with van der Waals surface area (Å²) in [5.74, 6) is 0. The Balaban J connectivity index is 1.78. The highest BCUT2D eigenvalue weighted by molar-refractivity contribution is 8.01. The molecule has 0 radical (unpaired) electrons. The Labute approximate surface area is 164 Å². The largest absolute Gasteiger partial charge is 0.374 e. The van der Waals surface area contributed by atoms with Crippen molar-refractivity contribution in [3.8, 4) is 0 Å². The topological polar surface area (TPSA) is 98.0 Å². The van der Waals surface area contributed by atoms with Crippen LogP contribution in [-0.2, 0) is 10.0 Å². The van der Waals surface area contributed by atoms with Gasteiger partial charge in [0.05, 0.1) is 10.1 Å². The van der Waals surface area contributed by atoms with E-state index in [1.54, 1.807) is 12.1 Å². The van der Waals surface area contributed by atoms with Crippen LogP contribution in [0.4, 0.5) is 5.13 Å². The third-order valence-electron chi connectivity index (χ3n) is 3.42. The molecule has 10 heteroatoms. The SMILES string of the molecule is Nc1nnc(S[C@@H](CNS(=O)(=O)c2ccc(Cl)cc2)c2ccccc2)s1. The van der Waals surface area contributed by atoms with E-state index in [-0.39, 0.29) is 16.7 Å². The van der Waals surface area contributed by atoms with Crippen LogP contribution in [0.2, 0.25) is 5.02 Å². The minimum absolute atomic E-state index is 0.166. The molecule has 0 amide bonds. The fourth-order valence-electron chi connectivity index (χ4n) is 2.17. The molecule has 6 nitrogen and oxygen atoms in total. The Bertz CT molecular complexity index is 963. The van der Waals surface area contributed by atoms with Gasteiger partial charge in [-0.3, -0.25) is 0 Å². The van der Waals surface area contributed by atoms with Crippen LogP contribution in [0.15, 0.2) is 63.8 Å². The van der Waals surface area contributed by atoms with E-state index in [1.165, 1.54) is 35.2 Å². The van der Waals surface area contributed by atoms with E-state index in [2.05, 4.69) is 14.9 Å². The average Bonchev–Trinajstić information content (AvgIpc) is 3.05. The number of nitrogens with two attached hydrogens (primary N) is 1. The molecule has 3 N–H and O–H groups in total. The van der Waals surface area contributed by atoms with E-state index in [0.29, 0.717) is 14.5 Å². The summed E-state index contributed by atoms with van der Waals surface area (Å²) >= 11 is 8.51. The quantitative estimate of drug-likeness (QED) is 0.560. The van der Waals surface area contributed by atoms with Crippen molar-refractivity contribution >= 4 is 49.9 Å². The molecule has 0 aliphatic carbocycles. The van der Waals surface area contributed by atoms with Crippen LogP contribution in [0, 0.1) is 0 Å². The van der Waals surface area contributed by atoms with Crippen molar-refractivity contribution in [3.63, 3.8) is 0 Å². The van der Waals surface area contributed by atoms with Crippen molar-refractivity contribution in [2.45, 2.75) is 14.5 Å². The number of aromatic nitrogens is 2. The van der Waals surface area contributed by atoms with Gasteiger partial charge in [0.1, 0.15) is 0 Å². The molecule has 1 heterocycles. The third-order valence-corrected chi connectivity index (χ3v) is 7.20. The molecule has 0 spiro atoms. The molecular weight excluding hydrogens is 412 g/mol. The predicted molar refractivity (Wildman–Crippen MR) is 106 cm³/mol. The average molecular weight is 427 g/mol. The van der Waals surface area contributed by atoms with E-state index >= 15 is 0 Å². The molecule has 1 atom stereocenters. The van der Waals surface area contributed by atoms with Gasteiger partial charge in [-0.2, -0.15) is 0 Å². The zero-order valence-corrected chi connectivity index (χ0v) is 16.6. The summed E-state index contributed by atoms with van der Waals surface area (Å²) in [7, 11) is -3.65. The number of hydrogen-bond donors (Lipinski definition) is 2. The lowest BCUT2D eigenvalue weighted by molar-refractivity contribution is 0.581. The first kappa shape index (κ1) is 19.1. The molecule has 0 aliphatic rings. The second-order valence-corrected chi connectivity index (χ2v) is 9.89. The van der Waals surface area contributed by atoms with E-state index in [4.69, 9.17) is 17.3 Å². The second-order valence-electron chi connectivity index (χ2n) is 5.23. The highest BCUT2D eigenvalue weighted by Gasteiger charge is 2.20. The molecule has 26 heavy (non-hydrogen) atoms. The number of anilines is 1. The second kappa shape index (κ2) is 8.36. The Morgan fingerprint density at radius 3 is 2.42 bits per heavy atom. The third kappa shape index (κ3) is 4.95. The number of thioether (sulfide) groups is 1. The van der Waals surface area contributed by atoms with Crippen molar-refractivity contribution in [2.24, 2.45) is 0 Å². The van der Waals surface area contributed by atoms with Crippen molar-refractivity contribution < 1.29 is 8.42 Å². The standard InChI is InChI=1S/C16H15ClN4O2S3/c17-12-6-8-13(9-7-12)26(22,23)19-10-14(11-4-2-1-3-5-11)24-16-21-20-15(18)25-16/h1-9,14,19H,10H2,(H2,18,20)/t14-/m0/s1. The highest BCUT2D eigenvalue weighted by atomic mass is 35.5. The zero-order chi connectivity index (χ0) is 18.6. The van der Waals surface area contributed by atoms with Gasteiger partial charge in [-0.1, -0.05) is 65.0 Å². The molecule has 0 saturated carbocycles. The fourth-order valence-corrected chi connectivity index (χ4v) is 5.38. The number of nitrogens with one attached hydrogen (secondary N) is 1. The van der Waals surface area contributed by atoms with E-state index < -0.39 is 10.0 Å². The lowest BCUT2D eigenvalue weighted by Gasteiger charge is -2.16. The first-order valence-electron chi connectivity index (χ1n) is 7.50. The number of nitrogens with zero attached hydrogens (tertiary/aromatic N) is 2. The van der Waals surface area contributed by atoms with Gasteiger partial charge in [-0.05, 0) is 29.8 Å². The Morgan fingerprint density at radius 2 is 1.81 bits per heavy atom. The predicted octanol–water partition coefficient (Wildman–Crippen LogP) is 3.59. The molecule has 136 valence electrons. The Hall–Kier alpha value is -1.65. The number of rotatable bonds is 7. The Morgan fingerprint density at radius 1 is 1.12 bits per heavy atom.